The number of aromatic nitrogens is 2. The maximum atomic E-state index is 13.3. The summed E-state index contributed by atoms with van der Waals surface area (Å²) in [6.07, 6.45) is 1.39. The van der Waals surface area contributed by atoms with Crippen molar-refractivity contribution in [3.8, 4) is 28.9 Å². The Bertz CT molecular complexity index is 1340. The SMILES string of the molecule is COc1ccc(Oc2nc(Nc3ccc(F)cc3)ncc2NC(=O)Nc2cc(OC)cc(OC)c2)cc1. The van der Waals surface area contributed by atoms with E-state index >= 15 is 0 Å². The van der Waals surface area contributed by atoms with Crippen LogP contribution in [-0.2, 0) is 0 Å². The number of hydrogen-bond donors (Lipinski definition) is 3. The molecule has 3 aromatic carbocycles. The number of nitrogens with one attached hydrogen (secondary N) is 3. The minimum Gasteiger partial charge on any atom is -0.497 e. The summed E-state index contributed by atoms with van der Waals surface area (Å²) in [6, 6.07) is 17.0. The maximum absolute atomic E-state index is 13.3. The largest absolute Gasteiger partial charge is 0.497 e. The summed E-state index contributed by atoms with van der Waals surface area (Å²) in [4.78, 5) is 21.4. The molecular formula is C26H24FN5O5. The molecule has 0 saturated heterocycles. The number of benzene rings is 3. The van der Waals surface area contributed by atoms with Gasteiger partial charge in [-0.15, -0.1) is 0 Å². The van der Waals surface area contributed by atoms with Crippen molar-refractivity contribution in [3.05, 3.63) is 78.7 Å². The number of halogens is 1. The van der Waals surface area contributed by atoms with E-state index < -0.39 is 6.03 Å². The molecule has 37 heavy (non-hydrogen) atoms. The molecule has 0 aliphatic heterocycles. The van der Waals surface area contributed by atoms with E-state index in [-0.39, 0.29) is 23.3 Å². The van der Waals surface area contributed by atoms with Crippen LogP contribution in [0.5, 0.6) is 28.9 Å². The van der Waals surface area contributed by atoms with Crippen LogP contribution in [0.25, 0.3) is 0 Å². The van der Waals surface area contributed by atoms with Gasteiger partial charge in [-0.3, -0.25) is 0 Å². The molecule has 0 radical (unpaired) electrons. The minimum absolute atomic E-state index is 0.0724. The van der Waals surface area contributed by atoms with E-state index in [9.17, 15) is 9.18 Å². The first-order chi connectivity index (χ1) is 17.9. The topological polar surface area (TPSA) is 116 Å². The summed E-state index contributed by atoms with van der Waals surface area (Å²) < 4.78 is 34.9. The van der Waals surface area contributed by atoms with Crippen LogP contribution in [0.1, 0.15) is 0 Å². The lowest BCUT2D eigenvalue weighted by Gasteiger charge is -2.14. The van der Waals surface area contributed by atoms with E-state index in [0.717, 1.165) is 0 Å². The molecule has 190 valence electrons. The highest BCUT2D eigenvalue weighted by molar-refractivity contribution is 6.00. The summed E-state index contributed by atoms with van der Waals surface area (Å²) in [7, 11) is 4.59. The fourth-order valence-corrected chi connectivity index (χ4v) is 3.17. The lowest BCUT2D eigenvalue weighted by Crippen LogP contribution is -2.20. The van der Waals surface area contributed by atoms with Crippen molar-refractivity contribution in [1.29, 1.82) is 0 Å². The number of ether oxygens (including phenoxy) is 4. The number of anilines is 4. The van der Waals surface area contributed by atoms with Gasteiger partial charge in [0.2, 0.25) is 11.8 Å². The molecule has 1 heterocycles. The molecule has 4 rings (SSSR count). The second kappa shape index (κ2) is 11.6. The zero-order chi connectivity index (χ0) is 26.2. The van der Waals surface area contributed by atoms with Gasteiger partial charge in [-0.2, -0.15) is 4.98 Å². The first-order valence-corrected chi connectivity index (χ1v) is 11.0. The van der Waals surface area contributed by atoms with Gasteiger partial charge < -0.3 is 34.9 Å². The van der Waals surface area contributed by atoms with Crippen LogP contribution in [0, 0.1) is 5.82 Å². The molecule has 1 aromatic heterocycles. The summed E-state index contributed by atoms with van der Waals surface area (Å²) in [6.45, 7) is 0. The van der Waals surface area contributed by atoms with Crippen LogP contribution in [0.2, 0.25) is 0 Å². The van der Waals surface area contributed by atoms with Crippen LogP contribution in [0.4, 0.5) is 32.2 Å². The zero-order valence-corrected chi connectivity index (χ0v) is 20.2. The average molecular weight is 506 g/mol. The van der Waals surface area contributed by atoms with E-state index in [1.165, 1.54) is 32.5 Å². The predicted octanol–water partition coefficient (Wildman–Crippen LogP) is 5.82. The Kier molecular flexibility index (Phi) is 7.84. The first kappa shape index (κ1) is 25.0. The molecule has 0 atom stereocenters. The summed E-state index contributed by atoms with van der Waals surface area (Å²) in [5.41, 5.74) is 1.22. The molecule has 3 N–H and O–H groups in total. The minimum atomic E-state index is -0.572. The highest BCUT2D eigenvalue weighted by Gasteiger charge is 2.15. The van der Waals surface area contributed by atoms with Crippen LogP contribution >= 0.6 is 0 Å². The van der Waals surface area contributed by atoms with Crippen LogP contribution < -0.4 is 34.9 Å². The number of nitrogens with zero attached hydrogens (tertiary/aromatic N) is 2. The van der Waals surface area contributed by atoms with Gasteiger partial charge in [-0.25, -0.2) is 14.2 Å². The summed E-state index contributed by atoms with van der Waals surface area (Å²) in [5.74, 6) is 2.01. The molecule has 10 nitrogen and oxygen atoms in total. The Morgan fingerprint density at radius 3 is 2.00 bits per heavy atom. The second-order valence-electron chi connectivity index (χ2n) is 7.50. The highest BCUT2D eigenvalue weighted by atomic mass is 19.1. The predicted molar refractivity (Wildman–Crippen MR) is 137 cm³/mol. The Morgan fingerprint density at radius 1 is 0.757 bits per heavy atom. The normalized spacial score (nSPS) is 10.3. The number of amides is 2. The van der Waals surface area contributed by atoms with Crippen molar-refractivity contribution < 1.29 is 28.1 Å². The average Bonchev–Trinajstić information content (AvgIpc) is 2.91. The zero-order valence-electron chi connectivity index (χ0n) is 20.2. The number of carbonyl (C=O) groups excluding carboxylic acids is 1. The van der Waals surface area contributed by atoms with Crippen molar-refractivity contribution in [1.82, 2.24) is 9.97 Å². The highest BCUT2D eigenvalue weighted by Crippen LogP contribution is 2.31. The molecule has 0 bridgehead atoms. The van der Waals surface area contributed by atoms with E-state index in [2.05, 4.69) is 25.9 Å². The van der Waals surface area contributed by atoms with Gasteiger partial charge in [0, 0.05) is 29.6 Å². The van der Waals surface area contributed by atoms with E-state index in [1.807, 2.05) is 0 Å². The number of hydrogen-bond acceptors (Lipinski definition) is 8. The fourth-order valence-electron chi connectivity index (χ4n) is 3.17. The third-order valence-corrected chi connectivity index (χ3v) is 4.99. The smallest absolute Gasteiger partial charge is 0.323 e. The van der Waals surface area contributed by atoms with E-state index in [4.69, 9.17) is 18.9 Å². The van der Waals surface area contributed by atoms with Gasteiger partial charge in [0.25, 0.3) is 0 Å². The van der Waals surface area contributed by atoms with Gasteiger partial charge in [0.15, 0.2) is 0 Å². The Morgan fingerprint density at radius 2 is 1.38 bits per heavy atom. The number of urea groups is 1. The third-order valence-electron chi connectivity index (χ3n) is 4.99. The molecule has 11 heteroatoms. The lowest BCUT2D eigenvalue weighted by molar-refractivity contribution is 0.262. The molecule has 0 aliphatic rings. The molecule has 0 saturated carbocycles. The Labute approximate surface area is 212 Å². The van der Waals surface area contributed by atoms with Gasteiger partial charge in [0.1, 0.15) is 34.5 Å². The number of rotatable bonds is 9. The van der Waals surface area contributed by atoms with Gasteiger partial charge >= 0.3 is 6.03 Å². The van der Waals surface area contributed by atoms with E-state index in [0.29, 0.717) is 34.4 Å². The standard InChI is InChI=1S/C26H24FN5O5/c1-34-19-8-10-20(11-9-19)37-24-23(15-28-25(32-24)29-17-6-4-16(27)5-7-17)31-26(33)30-18-12-21(35-2)14-22(13-18)36-3/h4-15H,1-3H3,(H,28,29,32)(H2,30,31,33). The molecule has 0 unspecified atom stereocenters. The number of carbonyl (C=O) groups is 1. The van der Waals surface area contributed by atoms with Crippen molar-refractivity contribution in [3.63, 3.8) is 0 Å². The van der Waals surface area contributed by atoms with Crippen molar-refractivity contribution in [2.75, 3.05) is 37.3 Å². The van der Waals surface area contributed by atoms with E-state index in [1.54, 1.807) is 61.7 Å². The van der Waals surface area contributed by atoms with Crippen molar-refractivity contribution >= 4 is 29.0 Å². The Balaban J connectivity index is 1.58. The molecule has 0 spiro atoms. The maximum Gasteiger partial charge on any atom is 0.323 e. The molecule has 0 fully saturated rings. The third kappa shape index (κ3) is 6.75. The molecule has 2 amide bonds. The van der Waals surface area contributed by atoms with Crippen LogP contribution in [-0.4, -0.2) is 37.3 Å². The van der Waals surface area contributed by atoms with Crippen LogP contribution in [0.15, 0.2) is 72.9 Å². The van der Waals surface area contributed by atoms with Crippen molar-refractivity contribution in [2.24, 2.45) is 0 Å². The van der Waals surface area contributed by atoms with Gasteiger partial charge in [-0.05, 0) is 48.5 Å². The van der Waals surface area contributed by atoms with Gasteiger partial charge in [0.05, 0.1) is 27.5 Å². The van der Waals surface area contributed by atoms with Crippen molar-refractivity contribution in [2.45, 2.75) is 0 Å². The Hall–Kier alpha value is -5.06. The molecule has 4 aromatic rings. The summed E-state index contributed by atoms with van der Waals surface area (Å²) >= 11 is 0. The first-order valence-electron chi connectivity index (χ1n) is 11.0. The summed E-state index contributed by atoms with van der Waals surface area (Å²) in [5, 5.41) is 8.38. The fraction of sp³-hybridized carbons (Fsp3) is 0.115. The number of methoxy groups -OCH3 is 3. The molecular weight excluding hydrogens is 481 g/mol. The monoisotopic (exact) mass is 505 g/mol. The van der Waals surface area contributed by atoms with Gasteiger partial charge in [-0.1, -0.05) is 0 Å². The van der Waals surface area contributed by atoms with Crippen LogP contribution in [0.3, 0.4) is 0 Å². The lowest BCUT2D eigenvalue weighted by atomic mass is 10.3. The molecule has 0 aliphatic carbocycles. The quantitative estimate of drug-likeness (QED) is 0.261. The second-order valence-corrected chi connectivity index (χ2v) is 7.50.